The molecule has 12 heteroatoms. The average Bonchev–Trinajstić information content (AvgIpc) is 3.72. The number of ketones is 1. The van der Waals surface area contributed by atoms with Gasteiger partial charge in [-0.05, 0) is 154 Å². The van der Waals surface area contributed by atoms with Crippen molar-refractivity contribution in [3.8, 4) is 11.3 Å². The molecule has 1 aromatic heterocycles. The van der Waals surface area contributed by atoms with Gasteiger partial charge < -0.3 is 14.6 Å². The van der Waals surface area contributed by atoms with E-state index >= 15 is 4.79 Å². The van der Waals surface area contributed by atoms with Crippen LogP contribution in [0.3, 0.4) is 0 Å². The van der Waals surface area contributed by atoms with E-state index in [9.17, 15) is 31.8 Å². The largest absolute Gasteiger partial charge is 0.453 e. The molecule has 1 unspecified atom stereocenters. The summed E-state index contributed by atoms with van der Waals surface area (Å²) in [6, 6.07) is 5.99. The van der Waals surface area contributed by atoms with E-state index in [1.165, 1.54) is 43.7 Å². The first-order valence-electron chi connectivity index (χ1n) is 21.4. The second-order valence-corrected chi connectivity index (χ2v) is 23.3. The van der Waals surface area contributed by atoms with E-state index in [0.29, 0.717) is 68.4 Å². The zero-order valence-electron chi connectivity index (χ0n) is 33.6. The molecule has 8 atom stereocenters. The second-order valence-electron chi connectivity index (χ2n) is 20.9. The Labute approximate surface area is 344 Å². The van der Waals surface area contributed by atoms with Crippen molar-refractivity contribution in [2.75, 3.05) is 19.3 Å². The van der Waals surface area contributed by atoms with Crippen LogP contribution in [0.5, 0.6) is 0 Å². The quantitative estimate of drug-likeness (QED) is 0.203. The van der Waals surface area contributed by atoms with Crippen molar-refractivity contribution in [3.63, 3.8) is 0 Å². The van der Waals surface area contributed by atoms with E-state index in [0.717, 1.165) is 37.8 Å². The van der Waals surface area contributed by atoms with Crippen LogP contribution in [0.15, 0.2) is 58.6 Å². The average molecular weight is 842 g/mol. The van der Waals surface area contributed by atoms with Gasteiger partial charge in [0.05, 0.1) is 28.5 Å². The van der Waals surface area contributed by atoms with Crippen molar-refractivity contribution in [1.82, 2.24) is 4.31 Å². The van der Waals surface area contributed by atoms with Gasteiger partial charge in [0.2, 0.25) is 15.8 Å². The van der Waals surface area contributed by atoms with Crippen molar-refractivity contribution in [2.24, 2.45) is 56.7 Å². The highest BCUT2D eigenvalue weighted by Gasteiger charge is 2.75. The van der Waals surface area contributed by atoms with Crippen molar-refractivity contribution < 1.29 is 41.0 Å². The molecule has 2 N–H and O–H groups in total. The van der Waals surface area contributed by atoms with Gasteiger partial charge in [0.1, 0.15) is 5.76 Å². The molecule has 0 radical (unpaired) electrons. The Morgan fingerprint density at radius 1 is 0.897 bits per heavy atom. The monoisotopic (exact) mass is 841 g/mol. The topological polar surface area (TPSA) is 108 Å². The number of halogens is 4. The van der Waals surface area contributed by atoms with Crippen LogP contribution in [0, 0.1) is 56.7 Å². The SMILES string of the molecule is C[C@]12CC[C@H]3[C@]4(C=C[C@@]5(C=C4C(=O)c4ccc(-c6cc(C(F)(F)F)ccc6Cl)o4)CC(O)CC[C@]35C)[C@@H]1CC[C@@]2(O)CN(CC12CC3CC(CC(C3)C1)C2)S(C)(=O)=O. The summed E-state index contributed by atoms with van der Waals surface area (Å²) in [4.78, 5) is 15.1. The molecule has 7 fully saturated rings. The highest BCUT2D eigenvalue weighted by Crippen LogP contribution is 2.78. The number of Topliss-reactive ketones (excluding diaryl/α,β-unsaturated/α-hetero) is 1. The Morgan fingerprint density at radius 3 is 2.19 bits per heavy atom. The number of alkyl halides is 3. The van der Waals surface area contributed by atoms with Gasteiger partial charge in [-0.15, -0.1) is 0 Å². The van der Waals surface area contributed by atoms with Gasteiger partial charge in [-0.3, -0.25) is 4.79 Å². The predicted octanol–water partition coefficient (Wildman–Crippen LogP) is 9.87. The lowest BCUT2D eigenvalue weighted by molar-refractivity contribution is -0.175. The number of hydrogen-bond acceptors (Lipinski definition) is 6. The molecule has 1 heterocycles. The number of benzene rings is 1. The minimum atomic E-state index is -4.60. The summed E-state index contributed by atoms with van der Waals surface area (Å²) in [5, 5.41) is 24.3. The van der Waals surface area contributed by atoms with Gasteiger partial charge in [0.25, 0.3) is 0 Å². The summed E-state index contributed by atoms with van der Waals surface area (Å²) >= 11 is 6.40. The maximum absolute atomic E-state index is 15.1. The highest BCUT2D eigenvalue weighted by atomic mass is 35.5. The minimum Gasteiger partial charge on any atom is -0.453 e. The summed E-state index contributed by atoms with van der Waals surface area (Å²) in [6.07, 6.45) is 13.8. The van der Waals surface area contributed by atoms with Crippen molar-refractivity contribution in [1.29, 1.82) is 0 Å². The number of sulfonamides is 1. The summed E-state index contributed by atoms with van der Waals surface area (Å²) in [7, 11) is -3.68. The predicted molar refractivity (Wildman–Crippen MR) is 214 cm³/mol. The van der Waals surface area contributed by atoms with Gasteiger partial charge in [-0.1, -0.05) is 43.7 Å². The lowest BCUT2D eigenvalue weighted by Gasteiger charge is -2.71. The van der Waals surface area contributed by atoms with E-state index < -0.39 is 49.7 Å². The van der Waals surface area contributed by atoms with Crippen LogP contribution in [-0.4, -0.2) is 59.8 Å². The van der Waals surface area contributed by atoms with Crippen LogP contribution in [0.25, 0.3) is 11.3 Å². The third-order valence-electron chi connectivity index (χ3n) is 17.9. The molecule has 12 rings (SSSR count). The molecule has 2 spiro atoms. The van der Waals surface area contributed by atoms with E-state index in [1.807, 2.05) is 0 Å². The van der Waals surface area contributed by atoms with E-state index in [4.69, 9.17) is 16.0 Å². The number of hydrogen-bond donors (Lipinski definition) is 2. The van der Waals surface area contributed by atoms with Crippen LogP contribution >= 0.6 is 11.6 Å². The molecule has 1 aromatic carbocycles. The first-order chi connectivity index (χ1) is 27.1. The first kappa shape index (κ1) is 39.7. The molecule has 10 aliphatic carbocycles. The molecule has 2 aromatic rings. The summed E-state index contributed by atoms with van der Waals surface area (Å²) < 4.78 is 76.4. The fourth-order valence-corrected chi connectivity index (χ4v) is 16.8. The zero-order valence-corrected chi connectivity index (χ0v) is 35.2. The highest BCUT2D eigenvalue weighted by molar-refractivity contribution is 7.88. The van der Waals surface area contributed by atoms with E-state index in [2.05, 4.69) is 32.1 Å². The Kier molecular flexibility index (Phi) is 8.60. The number of rotatable bonds is 8. The molecule has 0 amide bonds. The Balaban J connectivity index is 1.03. The van der Waals surface area contributed by atoms with Crippen molar-refractivity contribution in [3.05, 3.63) is 70.5 Å². The standard InChI is InChI=1S/C46H55ClF3NO6S/c1-40-11-8-31(52)23-43(40)14-15-45(33(24-43)39(53)36-7-6-35(57-36)32-19-30(46(48,49)50)4-5-34(32)47)37(40)9-12-41(2)38(45)10-13-44(41,54)26-51(58(3,55)56)25-42-20-27-16-28(21-42)18-29(17-27)22-42/h4-7,14-15,19,24,27-29,31,37-38,52,54H,8-13,16-18,20-23,25-26H2,1-3H3/t27?,28?,29?,31?,37-,38-,40-,41+,42?,43+,44-,45-/m1/s1. The summed E-state index contributed by atoms with van der Waals surface area (Å²) in [5.41, 5.74) is -4.18. The smallest absolute Gasteiger partial charge is 0.416 e. The van der Waals surface area contributed by atoms with Gasteiger partial charge in [0.15, 0.2) is 5.76 Å². The number of aliphatic hydroxyl groups excluding tert-OH is 1. The number of furan rings is 1. The van der Waals surface area contributed by atoms with Crippen LogP contribution in [0.1, 0.15) is 113 Å². The number of carbonyl (C=O) groups is 1. The van der Waals surface area contributed by atoms with Crippen LogP contribution in [-0.2, 0) is 16.2 Å². The maximum Gasteiger partial charge on any atom is 0.416 e. The Morgan fingerprint density at radius 2 is 1.53 bits per heavy atom. The number of aliphatic hydroxyl groups is 2. The van der Waals surface area contributed by atoms with Gasteiger partial charge in [0, 0.05) is 40.5 Å². The third-order valence-corrected chi connectivity index (χ3v) is 19.5. The lowest BCUT2D eigenvalue weighted by Crippen LogP contribution is -2.67. The minimum absolute atomic E-state index is 0.00717. The number of fused-ring (bicyclic) bond motifs is 1. The van der Waals surface area contributed by atoms with Crippen molar-refractivity contribution in [2.45, 2.75) is 115 Å². The zero-order chi connectivity index (χ0) is 41.1. The fraction of sp³-hybridized carbons (Fsp3) is 0.674. The third kappa shape index (κ3) is 5.53. The normalized spacial score (nSPS) is 43.7. The van der Waals surface area contributed by atoms with Gasteiger partial charge in [-0.2, -0.15) is 17.5 Å². The number of allylic oxidation sites excluding steroid dienone is 4. The molecule has 314 valence electrons. The Bertz CT molecular complexity index is 2220. The second kappa shape index (κ2) is 12.6. The molecule has 6 bridgehead atoms. The number of nitrogens with zero attached hydrogens (tertiary/aromatic N) is 1. The van der Waals surface area contributed by atoms with E-state index in [-0.39, 0.29) is 57.1 Å². The number of carbonyl (C=O) groups excluding carboxylic acids is 1. The molecular weight excluding hydrogens is 787 g/mol. The lowest BCUT2D eigenvalue weighted by atomic mass is 9.32. The summed E-state index contributed by atoms with van der Waals surface area (Å²) in [5.74, 6) is 1.41. The van der Waals surface area contributed by atoms with Crippen LogP contribution in [0.4, 0.5) is 13.2 Å². The molecule has 0 saturated heterocycles. The molecule has 58 heavy (non-hydrogen) atoms. The fourth-order valence-electron chi connectivity index (χ4n) is 15.7. The molecular formula is C46H55ClF3NO6S. The van der Waals surface area contributed by atoms with Gasteiger partial charge in [-0.25, -0.2) is 8.42 Å². The molecule has 7 nitrogen and oxygen atoms in total. The van der Waals surface area contributed by atoms with Crippen molar-refractivity contribution >= 4 is 27.4 Å². The van der Waals surface area contributed by atoms with E-state index in [1.54, 1.807) is 4.31 Å². The molecule has 0 aliphatic heterocycles. The first-order valence-corrected chi connectivity index (χ1v) is 23.7. The summed E-state index contributed by atoms with van der Waals surface area (Å²) in [6.45, 7) is 4.86. The van der Waals surface area contributed by atoms with Gasteiger partial charge >= 0.3 is 6.18 Å². The Hall–Kier alpha value is -2.44. The molecule has 7 saturated carbocycles. The van der Waals surface area contributed by atoms with Crippen LogP contribution in [0.2, 0.25) is 5.02 Å². The maximum atomic E-state index is 15.1. The van der Waals surface area contributed by atoms with Crippen LogP contribution < -0.4 is 0 Å². The molecule has 10 aliphatic rings.